The van der Waals surface area contributed by atoms with E-state index in [1.807, 2.05) is 42.5 Å². The third kappa shape index (κ3) is 3.56. The van der Waals surface area contributed by atoms with Gasteiger partial charge in [0.2, 0.25) is 0 Å². The summed E-state index contributed by atoms with van der Waals surface area (Å²) in [6.45, 7) is 1.03. The van der Waals surface area contributed by atoms with Crippen molar-refractivity contribution in [2.75, 3.05) is 27.4 Å². The minimum Gasteiger partial charge on any atom is -0.493 e. The van der Waals surface area contributed by atoms with Gasteiger partial charge in [-0.15, -0.1) is 0 Å². The van der Waals surface area contributed by atoms with E-state index >= 15 is 0 Å². The number of methoxy groups -OCH3 is 2. The third-order valence-electron chi connectivity index (χ3n) is 3.52. The van der Waals surface area contributed by atoms with Crippen LogP contribution < -0.4 is 18.9 Å². The first kappa shape index (κ1) is 15.2. The van der Waals surface area contributed by atoms with Gasteiger partial charge in [0.15, 0.2) is 29.1 Å². The Morgan fingerprint density at radius 3 is 2.65 bits per heavy atom. The number of aliphatic imine (C=N–C) groups is 1. The van der Waals surface area contributed by atoms with Gasteiger partial charge in [0.1, 0.15) is 6.61 Å². The molecule has 1 aliphatic rings. The van der Waals surface area contributed by atoms with Gasteiger partial charge in [-0.05, 0) is 35.9 Å². The van der Waals surface area contributed by atoms with Crippen molar-refractivity contribution in [3.05, 3.63) is 48.0 Å². The predicted molar refractivity (Wildman–Crippen MR) is 88.4 cm³/mol. The summed E-state index contributed by atoms with van der Waals surface area (Å²) in [7, 11) is 3.23. The standard InChI is InChI=1S/C18H19NO4/c1-20-15-8-7-13(9-18(15)21-2)10-19-11-14-12-22-16-5-3-4-6-17(16)23-14/h3-10,14H,11-12H2,1-2H3/t14-/m0/s1. The van der Waals surface area contributed by atoms with Gasteiger partial charge in [0.05, 0.1) is 20.8 Å². The first-order valence-electron chi connectivity index (χ1n) is 7.40. The minimum absolute atomic E-state index is 0.0821. The van der Waals surface area contributed by atoms with E-state index in [1.54, 1.807) is 20.4 Å². The summed E-state index contributed by atoms with van der Waals surface area (Å²) in [5, 5.41) is 0. The quantitative estimate of drug-likeness (QED) is 0.796. The zero-order valence-electron chi connectivity index (χ0n) is 13.2. The van der Waals surface area contributed by atoms with Crippen LogP contribution in [0.4, 0.5) is 0 Å². The van der Waals surface area contributed by atoms with Crippen LogP contribution in [0.1, 0.15) is 5.56 Å². The first-order chi connectivity index (χ1) is 11.3. The fourth-order valence-corrected chi connectivity index (χ4v) is 2.36. The van der Waals surface area contributed by atoms with Crippen LogP contribution in [0.3, 0.4) is 0 Å². The molecular weight excluding hydrogens is 294 g/mol. The second kappa shape index (κ2) is 7.05. The molecule has 5 nitrogen and oxygen atoms in total. The summed E-state index contributed by atoms with van der Waals surface area (Å²) in [6, 6.07) is 13.3. The lowest BCUT2D eigenvalue weighted by molar-refractivity contribution is 0.0973. The van der Waals surface area contributed by atoms with Crippen molar-refractivity contribution in [3.8, 4) is 23.0 Å². The Balaban J connectivity index is 1.61. The van der Waals surface area contributed by atoms with E-state index in [-0.39, 0.29) is 6.10 Å². The average molecular weight is 313 g/mol. The van der Waals surface area contributed by atoms with Crippen molar-refractivity contribution < 1.29 is 18.9 Å². The second-order valence-corrected chi connectivity index (χ2v) is 5.11. The molecule has 0 saturated carbocycles. The Morgan fingerprint density at radius 1 is 1.09 bits per heavy atom. The van der Waals surface area contributed by atoms with Gasteiger partial charge in [-0.3, -0.25) is 4.99 Å². The molecule has 1 aliphatic heterocycles. The highest BCUT2D eigenvalue weighted by Crippen LogP contribution is 2.31. The molecule has 3 rings (SSSR count). The molecular formula is C18H19NO4. The maximum absolute atomic E-state index is 5.87. The molecule has 0 fully saturated rings. The van der Waals surface area contributed by atoms with Crippen molar-refractivity contribution in [2.24, 2.45) is 4.99 Å². The second-order valence-electron chi connectivity index (χ2n) is 5.11. The van der Waals surface area contributed by atoms with Gasteiger partial charge in [-0.1, -0.05) is 12.1 Å². The van der Waals surface area contributed by atoms with Crippen LogP contribution in [0, 0.1) is 0 Å². The zero-order chi connectivity index (χ0) is 16.1. The Morgan fingerprint density at radius 2 is 1.87 bits per heavy atom. The predicted octanol–water partition coefficient (Wildman–Crippen LogP) is 2.96. The smallest absolute Gasteiger partial charge is 0.161 e. The monoisotopic (exact) mass is 313 g/mol. The molecule has 0 aromatic heterocycles. The number of nitrogens with zero attached hydrogens (tertiary/aromatic N) is 1. The summed E-state index contributed by atoms with van der Waals surface area (Å²) >= 11 is 0. The number of hydrogen-bond acceptors (Lipinski definition) is 5. The summed E-state index contributed by atoms with van der Waals surface area (Å²) in [6.07, 6.45) is 1.72. The Kier molecular flexibility index (Phi) is 4.66. The molecule has 2 aromatic carbocycles. The lowest BCUT2D eigenvalue weighted by atomic mass is 10.2. The Labute approximate surface area is 135 Å². The van der Waals surface area contributed by atoms with Gasteiger partial charge >= 0.3 is 0 Å². The number of benzene rings is 2. The highest BCUT2D eigenvalue weighted by atomic mass is 16.6. The summed E-state index contributed by atoms with van der Waals surface area (Å²) in [4.78, 5) is 4.44. The molecule has 2 aromatic rings. The van der Waals surface area contributed by atoms with Crippen molar-refractivity contribution in [1.29, 1.82) is 0 Å². The van der Waals surface area contributed by atoms with Gasteiger partial charge < -0.3 is 18.9 Å². The minimum atomic E-state index is -0.0821. The van der Waals surface area contributed by atoms with Crippen LogP contribution in [0.15, 0.2) is 47.5 Å². The molecule has 23 heavy (non-hydrogen) atoms. The lowest BCUT2D eigenvalue weighted by Gasteiger charge is -2.25. The topological polar surface area (TPSA) is 49.3 Å². The molecule has 1 atom stereocenters. The fourth-order valence-electron chi connectivity index (χ4n) is 2.36. The molecule has 0 unspecified atom stereocenters. The molecule has 0 saturated heterocycles. The summed E-state index contributed by atoms with van der Waals surface area (Å²) < 4.78 is 22.0. The molecule has 5 heteroatoms. The highest BCUT2D eigenvalue weighted by molar-refractivity contribution is 5.80. The Hall–Kier alpha value is -2.69. The van der Waals surface area contributed by atoms with Crippen LogP contribution in [0.25, 0.3) is 0 Å². The van der Waals surface area contributed by atoms with Crippen molar-refractivity contribution in [2.45, 2.75) is 6.10 Å². The largest absolute Gasteiger partial charge is 0.493 e. The van der Waals surface area contributed by atoms with Gasteiger partial charge in [-0.2, -0.15) is 0 Å². The van der Waals surface area contributed by atoms with Gasteiger partial charge in [-0.25, -0.2) is 0 Å². The third-order valence-corrected chi connectivity index (χ3v) is 3.52. The van der Waals surface area contributed by atoms with E-state index in [9.17, 15) is 0 Å². The van der Waals surface area contributed by atoms with Crippen molar-refractivity contribution in [3.63, 3.8) is 0 Å². The van der Waals surface area contributed by atoms with E-state index in [1.165, 1.54) is 0 Å². The molecule has 0 aliphatic carbocycles. The number of para-hydroxylation sites is 2. The highest BCUT2D eigenvalue weighted by Gasteiger charge is 2.19. The van der Waals surface area contributed by atoms with E-state index in [2.05, 4.69) is 4.99 Å². The molecule has 0 amide bonds. The van der Waals surface area contributed by atoms with Gasteiger partial charge in [0, 0.05) is 6.21 Å². The van der Waals surface area contributed by atoms with E-state index < -0.39 is 0 Å². The van der Waals surface area contributed by atoms with Crippen LogP contribution in [-0.4, -0.2) is 39.7 Å². The fraction of sp³-hybridized carbons (Fsp3) is 0.278. The molecule has 0 N–H and O–H groups in total. The molecule has 120 valence electrons. The number of hydrogen-bond donors (Lipinski definition) is 0. The number of ether oxygens (including phenoxy) is 4. The average Bonchev–Trinajstić information content (AvgIpc) is 2.61. The van der Waals surface area contributed by atoms with Crippen LogP contribution in [0.2, 0.25) is 0 Å². The van der Waals surface area contributed by atoms with Crippen LogP contribution >= 0.6 is 0 Å². The molecule has 1 heterocycles. The number of rotatable bonds is 5. The number of fused-ring (bicyclic) bond motifs is 1. The SMILES string of the molecule is COc1ccc(C=NC[C@H]2COc3ccccc3O2)cc1OC. The van der Waals surface area contributed by atoms with E-state index in [4.69, 9.17) is 18.9 Å². The van der Waals surface area contributed by atoms with Crippen LogP contribution in [0.5, 0.6) is 23.0 Å². The molecule has 0 radical (unpaired) electrons. The van der Waals surface area contributed by atoms with E-state index in [0.29, 0.717) is 24.7 Å². The molecule has 0 spiro atoms. The van der Waals surface area contributed by atoms with Gasteiger partial charge in [0.25, 0.3) is 0 Å². The van der Waals surface area contributed by atoms with Crippen molar-refractivity contribution in [1.82, 2.24) is 0 Å². The zero-order valence-corrected chi connectivity index (χ0v) is 13.2. The molecule has 0 bridgehead atoms. The maximum Gasteiger partial charge on any atom is 0.161 e. The first-order valence-corrected chi connectivity index (χ1v) is 7.40. The van der Waals surface area contributed by atoms with Crippen molar-refractivity contribution >= 4 is 6.21 Å². The van der Waals surface area contributed by atoms with E-state index in [0.717, 1.165) is 17.1 Å². The lowest BCUT2D eigenvalue weighted by Crippen LogP contribution is -2.31. The summed E-state index contributed by atoms with van der Waals surface area (Å²) in [5.41, 5.74) is 0.944. The maximum atomic E-state index is 5.87. The Bertz CT molecular complexity index is 699. The normalized spacial score (nSPS) is 16.3. The summed E-state index contributed by atoms with van der Waals surface area (Å²) in [5.74, 6) is 2.94. The van der Waals surface area contributed by atoms with Crippen LogP contribution in [-0.2, 0) is 0 Å².